The fourth-order valence-corrected chi connectivity index (χ4v) is 5.72. The van der Waals surface area contributed by atoms with E-state index in [0.29, 0.717) is 34.4 Å². The number of carboxylic acid groups (broad SMARTS) is 1. The molecule has 2 aromatic rings. The lowest BCUT2D eigenvalue weighted by Gasteiger charge is -2.31. The summed E-state index contributed by atoms with van der Waals surface area (Å²) in [7, 11) is 0. The van der Waals surface area contributed by atoms with Crippen molar-refractivity contribution in [2.75, 3.05) is 17.3 Å². The van der Waals surface area contributed by atoms with Crippen molar-refractivity contribution in [1.82, 2.24) is 5.32 Å². The number of benzene rings is 2. The third-order valence-corrected chi connectivity index (χ3v) is 7.72. The first-order chi connectivity index (χ1) is 17.1. The second-order valence-corrected chi connectivity index (χ2v) is 11.2. The van der Waals surface area contributed by atoms with Crippen molar-refractivity contribution in [3.63, 3.8) is 0 Å². The Balaban J connectivity index is 1.74. The molecule has 4 rings (SSSR count). The average Bonchev–Trinajstić information content (AvgIpc) is 3.25. The number of hydrogen-bond donors (Lipinski definition) is 2. The zero-order valence-electron chi connectivity index (χ0n) is 20.4. The van der Waals surface area contributed by atoms with E-state index in [1.165, 1.54) is 17.8 Å². The Kier molecular flexibility index (Phi) is 7.80. The largest absolute Gasteiger partial charge is 0.475 e. The minimum atomic E-state index is -1.15. The van der Waals surface area contributed by atoms with Crippen LogP contribution in [0.2, 0.25) is 5.02 Å². The van der Waals surface area contributed by atoms with Gasteiger partial charge in [-0.2, -0.15) is 0 Å². The van der Waals surface area contributed by atoms with E-state index in [-0.39, 0.29) is 30.0 Å². The van der Waals surface area contributed by atoms with Crippen LogP contribution < -0.4 is 10.2 Å². The SMILES string of the molecule is CCC1COC(c2cc3c(cc2F)SC[C@H](CC(C)(C)NC(=O)O)C(=O)N3Cc2ccc(Cl)cc2)=N1. The second kappa shape index (κ2) is 10.7. The fraction of sp³-hybridized carbons (Fsp3) is 0.423. The number of nitrogens with one attached hydrogen (secondary N) is 1. The lowest BCUT2D eigenvalue weighted by molar-refractivity contribution is -0.122. The van der Waals surface area contributed by atoms with E-state index in [9.17, 15) is 14.7 Å². The van der Waals surface area contributed by atoms with Crippen LogP contribution in [0.3, 0.4) is 0 Å². The van der Waals surface area contributed by atoms with Crippen molar-refractivity contribution < 1.29 is 23.8 Å². The van der Waals surface area contributed by atoms with Crippen molar-refractivity contribution in [1.29, 1.82) is 0 Å². The summed E-state index contributed by atoms with van der Waals surface area (Å²) in [4.78, 5) is 32.0. The van der Waals surface area contributed by atoms with Gasteiger partial charge in [0.25, 0.3) is 0 Å². The van der Waals surface area contributed by atoms with Crippen molar-refractivity contribution in [3.05, 3.63) is 58.4 Å². The fourth-order valence-electron chi connectivity index (χ4n) is 4.44. The first kappa shape index (κ1) is 26.3. The highest BCUT2D eigenvalue weighted by Crippen LogP contribution is 2.41. The van der Waals surface area contributed by atoms with Crippen LogP contribution in [0.5, 0.6) is 0 Å². The predicted molar refractivity (Wildman–Crippen MR) is 140 cm³/mol. The zero-order chi connectivity index (χ0) is 26.0. The summed E-state index contributed by atoms with van der Waals surface area (Å²) < 4.78 is 20.9. The van der Waals surface area contributed by atoms with Crippen LogP contribution in [0.1, 0.15) is 44.7 Å². The summed E-state index contributed by atoms with van der Waals surface area (Å²) in [5.74, 6) is -0.468. The van der Waals surface area contributed by atoms with Crippen LogP contribution in [-0.2, 0) is 16.1 Å². The summed E-state index contributed by atoms with van der Waals surface area (Å²) in [5, 5.41) is 12.3. The molecular weight excluding hydrogens is 505 g/mol. The van der Waals surface area contributed by atoms with Gasteiger partial charge in [-0.15, -0.1) is 11.8 Å². The van der Waals surface area contributed by atoms with Gasteiger partial charge in [-0.25, -0.2) is 14.2 Å². The van der Waals surface area contributed by atoms with Crippen molar-refractivity contribution in [2.24, 2.45) is 10.9 Å². The van der Waals surface area contributed by atoms with Crippen LogP contribution in [0.15, 0.2) is 46.3 Å². The second-order valence-electron chi connectivity index (χ2n) is 9.68. The van der Waals surface area contributed by atoms with E-state index in [4.69, 9.17) is 16.3 Å². The molecule has 0 spiro atoms. The number of carbonyl (C=O) groups is 2. The Morgan fingerprint density at radius 3 is 2.69 bits per heavy atom. The molecule has 0 bridgehead atoms. The molecule has 36 heavy (non-hydrogen) atoms. The first-order valence-corrected chi connectivity index (χ1v) is 13.2. The van der Waals surface area contributed by atoms with Crippen LogP contribution in [0.4, 0.5) is 14.9 Å². The first-order valence-electron chi connectivity index (χ1n) is 11.8. The average molecular weight is 534 g/mol. The minimum Gasteiger partial charge on any atom is -0.475 e. The van der Waals surface area contributed by atoms with Gasteiger partial charge in [0.05, 0.1) is 29.8 Å². The Labute approximate surface area is 219 Å². The lowest BCUT2D eigenvalue weighted by Crippen LogP contribution is -2.47. The number of amides is 2. The maximum atomic E-state index is 15.2. The van der Waals surface area contributed by atoms with Crippen LogP contribution in [0.25, 0.3) is 0 Å². The molecule has 10 heteroatoms. The molecule has 2 atom stereocenters. The Morgan fingerprint density at radius 2 is 2.06 bits per heavy atom. The monoisotopic (exact) mass is 533 g/mol. The highest BCUT2D eigenvalue weighted by molar-refractivity contribution is 7.99. The molecule has 2 amide bonds. The number of nitrogens with zero attached hydrogens (tertiary/aromatic N) is 2. The van der Waals surface area contributed by atoms with Crippen molar-refractivity contribution >= 4 is 46.9 Å². The Morgan fingerprint density at radius 1 is 1.33 bits per heavy atom. The molecule has 1 unspecified atom stereocenters. The lowest BCUT2D eigenvalue weighted by atomic mass is 9.90. The number of carbonyl (C=O) groups excluding carboxylic acids is 1. The molecule has 0 radical (unpaired) electrons. The van der Waals surface area contributed by atoms with Gasteiger partial charge < -0.3 is 20.1 Å². The molecule has 0 fully saturated rings. The zero-order valence-corrected chi connectivity index (χ0v) is 22.0. The molecule has 2 aliphatic heterocycles. The normalized spacial score (nSPS) is 19.9. The molecular formula is C26H29ClFN3O4S. The topological polar surface area (TPSA) is 91.2 Å². The van der Waals surface area contributed by atoms with Crippen LogP contribution in [0, 0.1) is 11.7 Å². The number of halogens is 2. The van der Waals surface area contributed by atoms with Gasteiger partial charge in [-0.05, 0) is 56.5 Å². The maximum absolute atomic E-state index is 15.2. The summed E-state index contributed by atoms with van der Waals surface area (Å²) in [6, 6.07) is 10.3. The molecule has 0 saturated carbocycles. The maximum Gasteiger partial charge on any atom is 0.405 e. The minimum absolute atomic E-state index is 0.0206. The van der Waals surface area contributed by atoms with E-state index in [1.807, 2.05) is 19.1 Å². The smallest absolute Gasteiger partial charge is 0.405 e. The third-order valence-electron chi connectivity index (χ3n) is 6.26. The van der Waals surface area contributed by atoms with Gasteiger partial charge in [0, 0.05) is 21.2 Å². The highest BCUT2D eigenvalue weighted by atomic mass is 35.5. The highest BCUT2D eigenvalue weighted by Gasteiger charge is 2.36. The molecule has 0 saturated heterocycles. The molecule has 2 aromatic carbocycles. The van der Waals surface area contributed by atoms with Gasteiger partial charge in [-0.3, -0.25) is 4.79 Å². The quantitative estimate of drug-likeness (QED) is 0.474. The predicted octanol–water partition coefficient (Wildman–Crippen LogP) is 5.73. The van der Waals surface area contributed by atoms with Gasteiger partial charge in [0.15, 0.2) is 0 Å². The summed E-state index contributed by atoms with van der Waals surface area (Å²) >= 11 is 7.44. The van der Waals surface area contributed by atoms with Gasteiger partial charge >= 0.3 is 6.09 Å². The summed E-state index contributed by atoms with van der Waals surface area (Å²) in [6.45, 7) is 6.15. The van der Waals surface area contributed by atoms with Gasteiger partial charge in [-0.1, -0.05) is 30.7 Å². The number of ether oxygens (including phenoxy) is 1. The standard InChI is InChI=1S/C26H29ClFN3O4S/c1-4-18-13-35-23(29-18)19-9-21-22(10-20(19)28)36-14-16(11-26(2,3)30-25(33)34)24(32)31(21)12-15-5-7-17(27)8-6-15/h5-10,16,18,30H,4,11-14H2,1-3H3,(H,33,34)/t16-,18?/m0/s1. The van der Waals surface area contributed by atoms with Crippen molar-refractivity contribution in [2.45, 2.75) is 56.6 Å². The number of rotatable bonds is 7. The van der Waals surface area contributed by atoms with Crippen LogP contribution >= 0.6 is 23.4 Å². The van der Waals surface area contributed by atoms with Gasteiger partial charge in [0.1, 0.15) is 12.4 Å². The number of thioether (sulfide) groups is 1. The molecule has 0 aliphatic carbocycles. The summed E-state index contributed by atoms with van der Waals surface area (Å²) in [6.07, 6.45) is -0.0708. The van der Waals surface area contributed by atoms with E-state index < -0.39 is 23.4 Å². The Bertz CT molecular complexity index is 1190. The molecule has 2 N–H and O–H groups in total. The number of hydrogen-bond acceptors (Lipinski definition) is 5. The molecule has 7 nitrogen and oxygen atoms in total. The van der Waals surface area contributed by atoms with E-state index in [0.717, 1.165) is 12.0 Å². The Hall–Kier alpha value is -2.78. The van der Waals surface area contributed by atoms with Gasteiger partial charge in [0.2, 0.25) is 11.8 Å². The van der Waals surface area contributed by atoms with E-state index >= 15 is 4.39 Å². The number of anilines is 1. The van der Waals surface area contributed by atoms with E-state index in [1.54, 1.807) is 36.9 Å². The van der Waals surface area contributed by atoms with E-state index in [2.05, 4.69) is 10.3 Å². The molecule has 192 valence electrons. The number of aliphatic imine (C=N–C) groups is 1. The number of fused-ring (bicyclic) bond motifs is 1. The summed E-state index contributed by atoms with van der Waals surface area (Å²) in [5.41, 5.74) is 0.839. The molecule has 2 aliphatic rings. The molecule has 2 heterocycles. The van der Waals surface area contributed by atoms with Crippen molar-refractivity contribution in [3.8, 4) is 0 Å². The third kappa shape index (κ3) is 5.95. The van der Waals surface area contributed by atoms with Crippen LogP contribution in [-0.4, -0.2) is 46.9 Å². The molecule has 0 aromatic heterocycles.